The van der Waals surface area contributed by atoms with Gasteiger partial charge in [0.1, 0.15) is 5.75 Å². The quantitative estimate of drug-likeness (QED) is 0.0835. The summed E-state index contributed by atoms with van der Waals surface area (Å²) in [7, 11) is 0. The van der Waals surface area contributed by atoms with Crippen molar-refractivity contribution in [1.29, 1.82) is 0 Å². The van der Waals surface area contributed by atoms with Crippen molar-refractivity contribution in [2.75, 3.05) is 35.7 Å². The first-order valence-corrected chi connectivity index (χ1v) is 16.6. The highest BCUT2D eigenvalue weighted by Gasteiger charge is 2.32. The number of halogens is 3. The van der Waals surface area contributed by atoms with Gasteiger partial charge in [0.25, 0.3) is 0 Å². The summed E-state index contributed by atoms with van der Waals surface area (Å²) in [5.74, 6) is 0.812. The van der Waals surface area contributed by atoms with Crippen molar-refractivity contribution in [3.63, 3.8) is 0 Å². The number of carbonyl (C=O) groups excluding carboxylic acids is 1. The second kappa shape index (κ2) is 16.1. The maximum atomic E-state index is 12.8. The van der Waals surface area contributed by atoms with Gasteiger partial charge in [-0.3, -0.25) is 9.69 Å². The standard InChI is InChI=1S/C34H36F3N7O4S/c1-5-46-30(47-6-2)20-38-32-40-31(42-44(32)25-15-17-26(18-16-25)48-34(35,36)37)24-13-11-23(12-14-24)19-39-41-33-43(29(45)21-49-33)28-10-8-7-9-27(28)22(3)4/h7-19,22,30H,5-6,20-21H2,1-4H3,(H,38,40,42). The molecule has 1 aromatic heterocycles. The number of hydrogen-bond donors (Lipinski definition) is 1. The zero-order chi connectivity index (χ0) is 35.0. The molecule has 4 aromatic rings. The molecule has 3 aromatic carbocycles. The third-order valence-corrected chi connectivity index (χ3v) is 8.05. The van der Waals surface area contributed by atoms with E-state index in [-0.39, 0.29) is 29.9 Å². The number of rotatable bonds is 14. The summed E-state index contributed by atoms with van der Waals surface area (Å²) in [4.78, 5) is 19.1. The number of nitrogens with one attached hydrogen (secondary N) is 1. The number of amidine groups is 1. The summed E-state index contributed by atoms with van der Waals surface area (Å²) in [5, 5.41) is 17.0. The van der Waals surface area contributed by atoms with E-state index >= 15 is 0 Å². The van der Waals surface area contributed by atoms with Gasteiger partial charge in [-0.15, -0.1) is 23.4 Å². The van der Waals surface area contributed by atoms with Gasteiger partial charge in [0.05, 0.1) is 29.9 Å². The predicted molar refractivity (Wildman–Crippen MR) is 185 cm³/mol. The average molecular weight is 696 g/mol. The molecule has 1 saturated heterocycles. The molecule has 0 aliphatic carbocycles. The van der Waals surface area contributed by atoms with E-state index in [1.807, 2.05) is 62.4 Å². The fourth-order valence-electron chi connectivity index (χ4n) is 4.95. The zero-order valence-corrected chi connectivity index (χ0v) is 28.2. The second-order valence-electron chi connectivity index (χ2n) is 10.9. The molecule has 1 aliphatic rings. The summed E-state index contributed by atoms with van der Waals surface area (Å²) in [5.41, 5.74) is 3.75. The normalized spacial score (nSPS) is 14.6. The summed E-state index contributed by atoms with van der Waals surface area (Å²) in [6.07, 6.45) is -3.76. The lowest BCUT2D eigenvalue weighted by Gasteiger charge is -2.20. The predicted octanol–water partition coefficient (Wildman–Crippen LogP) is 7.24. The van der Waals surface area contributed by atoms with Crippen LogP contribution in [0.1, 0.15) is 44.7 Å². The van der Waals surface area contributed by atoms with Gasteiger partial charge in [-0.05, 0) is 61.2 Å². The van der Waals surface area contributed by atoms with Gasteiger partial charge in [-0.1, -0.05) is 68.1 Å². The molecule has 11 nitrogen and oxygen atoms in total. The van der Waals surface area contributed by atoms with E-state index < -0.39 is 12.7 Å². The minimum Gasteiger partial charge on any atom is -0.406 e. The molecule has 1 aliphatic heterocycles. The Bertz CT molecular complexity index is 1770. The number of anilines is 2. The molecule has 49 heavy (non-hydrogen) atoms. The van der Waals surface area contributed by atoms with E-state index in [0.29, 0.717) is 41.4 Å². The lowest BCUT2D eigenvalue weighted by Crippen LogP contribution is -2.30. The molecule has 0 bridgehead atoms. The summed E-state index contributed by atoms with van der Waals surface area (Å²) < 4.78 is 54.9. The topological polar surface area (TPSA) is 115 Å². The number of para-hydroxylation sites is 1. The van der Waals surface area contributed by atoms with Crippen molar-refractivity contribution in [3.8, 4) is 22.8 Å². The van der Waals surface area contributed by atoms with Crippen LogP contribution in [-0.4, -0.2) is 70.2 Å². The highest BCUT2D eigenvalue weighted by Crippen LogP contribution is 2.33. The van der Waals surface area contributed by atoms with Crippen LogP contribution in [0.5, 0.6) is 5.75 Å². The number of nitrogens with zero attached hydrogens (tertiary/aromatic N) is 6. The van der Waals surface area contributed by atoms with E-state index in [9.17, 15) is 18.0 Å². The Hall–Kier alpha value is -4.73. The molecular formula is C34H36F3N7O4S. The molecule has 1 N–H and O–H groups in total. The SMILES string of the molecule is CCOC(CNc1nc(-c2ccc(C=NN=C3SCC(=O)N3c3ccccc3C(C)C)cc2)nn1-c1ccc(OC(F)(F)F)cc1)OCC. The lowest BCUT2D eigenvalue weighted by atomic mass is 10.0. The molecule has 0 unspecified atom stereocenters. The Balaban J connectivity index is 1.36. The largest absolute Gasteiger partial charge is 0.573 e. The molecular weight excluding hydrogens is 659 g/mol. The monoisotopic (exact) mass is 695 g/mol. The number of carbonyl (C=O) groups is 1. The van der Waals surface area contributed by atoms with Crippen LogP contribution in [0.3, 0.4) is 0 Å². The van der Waals surface area contributed by atoms with Crippen molar-refractivity contribution in [3.05, 3.63) is 83.9 Å². The smallest absolute Gasteiger partial charge is 0.406 e. The van der Waals surface area contributed by atoms with Gasteiger partial charge in [-0.2, -0.15) is 14.8 Å². The van der Waals surface area contributed by atoms with Gasteiger partial charge in [0.2, 0.25) is 11.9 Å². The van der Waals surface area contributed by atoms with Crippen LogP contribution >= 0.6 is 11.8 Å². The van der Waals surface area contributed by atoms with E-state index in [2.05, 4.69) is 44.2 Å². The minimum atomic E-state index is -4.80. The van der Waals surface area contributed by atoms with Crippen molar-refractivity contribution < 1.29 is 32.2 Å². The fourth-order valence-corrected chi connectivity index (χ4v) is 5.76. The molecule has 1 fully saturated rings. The Kier molecular flexibility index (Phi) is 11.7. The molecule has 0 spiro atoms. The van der Waals surface area contributed by atoms with Gasteiger partial charge in [-0.25, -0.2) is 0 Å². The third-order valence-electron chi connectivity index (χ3n) is 7.14. The highest BCUT2D eigenvalue weighted by atomic mass is 32.2. The van der Waals surface area contributed by atoms with Crippen molar-refractivity contribution in [2.45, 2.75) is 46.3 Å². The fraction of sp³-hybridized carbons (Fsp3) is 0.324. The first-order valence-electron chi connectivity index (χ1n) is 15.6. The van der Waals surface area contributed by atoms with Gasteiger partial charge < -0.3 is 19.5 Å². The molecule has 1 amide bonds. The van der Waals surface area contributed by atoms with E-state index in [1.54, 1.807) is 11.1 Å². The number of hydrogen-bond acceptors (Lipinski definition) is 10. The van der Waals surface area contributed by atoms with E-state index in [4.69, 9.17) is 9.47 Å². The number of benzene rings is 3. The Labute approximate surface area is 286 Å². The molecule has 15 heteroatoms. The molecule has 5 rings (SSSR count). The Morgan fingerprint density at radius 3 is 2.35 bits per heavy atom. The Morgan fingerprint density at radius 1 is 1.00 bits per heavy atom. The van der Waals surface area contributed by atoms with Crippen LogP contribution in [-0.2, 0) is 14.3 Å². The molecule has 2 heterocycles. The van der Waals surface area contributed by atoms with Crippen LogP contribution in [0.25, 0.3) is 17.1 Å². The number of amides is 1. The number of thioether (sulfide) groups is 1. The van der Waals surface area contributed by atoms with Crippen molar-refractivity contribution in [2.24, 2.45) is 10.2 Å². The van der Waals surface area contributed by atoms with Gasteiger partial charge in [0, 0.05) is 18.8 Å². The van der Waals surface area contributed by atoms with Crippen LogP contribution in [0.2, 0.25) is 0 Å². The lowest BCUT2D eigenvalue weighted by molar-refractivity contribution is -0.274. The number of ether oxygens (including phenoxy) is 3. The molecule has 258 valence electrons. The number of aromatic nitrogens is 3. The van der Waals surface area contributed by atoms with Crippen LogP contribution in [0.15, 0.2) is 83.0 Å². The number of alkyl halides is 3. The summed E-state index contributed by atoms with van der Waals surface area (Å²) in [6.45, 7) is 9.00. The maximum Gasteiger partial charge on any atom is 0.573 e. The molecule has 0 atom stereocenters. The Morgan fingerprint density at radius 2 is 1.69 bits per heavy atom. The molecule has 0 saturated carbocycles. The van der Waals surface area contributed by atoms with Gasteiger partial charge >= 0.3 is 6.36 Å². The average Bonchev–Trinajstić information content (AvgIpc) is 3.67. The first-order chi connectivity index (χ1) is 23.6. The van der Waals surface area contributed by atoms with E-state index in [0.717, 1.165) is 16.8 Å². The zero-order valence-electron chi connectivity index (χ0n) is 27.3. The van der Waals surface area contributed by atoms with Crippen molar-refractivity contribution in [1.82, 2.24) is 14.8 Å². The minimum absolute atomic E-state index is 0.0471. The van der Waals surface area contributed by atoms with Crippen LogP contribution < -0.4 is 15.0 Å². The van der Waals surface area contributed by atoms with Gasteiger partial charge in [0.15, 0.2) is 17.3 Å². The van der Waals surface area contributed by atoms with E-state index in [1.165, 1.54) is 40.7 Å². The maximum absolute atomic E-state index is 12.8. The second-order valence-corrected chi connectivity index (χ2v) is 11.9. The summed E-state index contributed by atoms with van der Waals surface area (Å²) in [6, 6.07) is 20.4. The van der Waals surface area contributed by atoms with Crippen LogP contribution in [0.4, 0.5) is 24.8 Å². The third kappa shape index (κ3) is 9.25. The highest BCUT2D eigenvalue weighted by molar-refractivity contribution is 8.15. The van der Waals surface area contributed by atoms with Crippen LogP contribution in [0, 0.1) is 0 Å². The summed E-state index contributed by atoms with van der Waals surface area (Å²) >= 11 is 1.34. The molecule has 0 radical (unpaired) electrons. The van der Waals surface area contributed by atoms with Crippen molar-refractivity contribution >= 4 is 40.7 Å². The first kappa shape index (κ1) is 35.6.